The summed E-state index contributed by atoms with van der Waals surface area (Å²) in [6.45, 7) is 0. The van der Waals surface area contributed by atoms with Crippen LogP contribution in [0.1, 0.15) is 22.7 Å². The Morgan fingerprint density at radius 3 is 2.33 bits per heavy atom. The molecule has 112 valence electrons. The molecule has 2 aromatic carbocycles. The molecule has 0 fully saturated rings. The molecule has 0 spiro atoms. The number of halogens is 4. The Hall–Kier alpha value is -1.37. The van der Waals surface area contributed by atoms with E-state index in [-0.39, 0.29) is 6.04 Å². The van der Waals surface area contributed by atoms with E-state index in [1.807, 2.05) is 24.3 Å². The lowest BCUT2D eigenvalue weighted by molar-refractivity contribution is -0.137. The molecule has 3 N–H and O–H groups in total. The molecule has 0 heterocycles. The summed E-state index contributed by atoms with van der Waals surface area (Å²) in [5, 5.41) is 0. The molecule has 0 saturated carbocycles. The molecular weight excluding hydrogens is 345 g/mol. The van der Waals surface area contributed by atoms with Crippen LogP contribution in [0.4, 0.5) is 13.2 Å². The highest BCUT2D eigenvalue weighted by Crippen LogP contribution is 2.31. The minimum absolute atomic E-state index is 0.381. The van der Waals surface area contributed by atoms with Crippen molar-refractivity contribution in [3.8, 4) is 0 Å². The molecule has 0 radical (unpaired) electrons. The maximum Gasteiger partial charge on any atom is 0.416 e. The first kappa shape index (κ1) is 16.0. The number of nitrogens with two attached hydrogens (primary N) is 1. The number of hydrogen-bond donors (Lipinski definition) is 2. The van der Waals surface area contributed by atoms with Crippen LogP contribution < -0.4 is 11.3 Å². The van der Waals surface area contributed by atoms with E-state index in [9.17, 15) is 13.2 Å². The molecule has 2 rings (SSSR count). The first-order valence-corrected chi connectivity index (χ1v) is 7.07. The van der Waals surface area contributed by atoms with Crippen molar-refractivity contribution in [3.05, 3.63) is 69.7 Å². The van der Waals surface area contributed by atoms with Crippen LogP contribution >= 0.6 is 15.9 Å². The van der Waals surface area contributed by atoms with Crippen LogP contribution in [0.3, 0.4) is 0 Å². The highest BCUT2D eigenvalue weighted by Gasteiger charge is 2.30. The van der Waals surface area contributed by atoms with Gasteiger partial charge in [0.05, 0.1) is 5.56 Å². The van der Waals surface area contributed by atoms with Gasteiger partial charge in [-0.2, -0.15) is 13.2 Å². The third-order valence-corrected chi connectivity index (χ3v) is 3.70. The quantitative estimate of drug-likeness (QED) is 0.634. The first-order valence-electron chi connectivity index (χ1n) is 6.28. The number of alkyl halides is 3. The lowest BCUT2D eigenvalue weighted by atomic mass is 9.98. The molecule has 1 atom stereocenters. The summed E-state index contributed by atoms with van der Waals surface area (Å²) in [6, 6.07) is 12.4. The largest absolute Gasteiger partial charge is 0.416 e. The van der Waals surface area contributed by atoms with Crippen LogP contribution in [0, 0.1) is 0 Å². The summed E-state index contributed by atoms with van der Waals surface area (Å²) in [5.74, 6) is 5.50. The van der Waals surface area contributed by atoms with Gasteiger partial charge in [-0.05, 0) is 41.8 Å². The Labute approximate surface area is 129 Å². The van der Waals surface area contributed by atoms with Crippen molar-refractivity contribution in [3.63, 3.8) is 0 Å². The van der Waals surface area contributed by atoms with Gasteiger partial charge in [0.25, 0.3) is 0 Å². The van der Waals surface area contributed by atoms with Gasteiger partial charge >= 0.3 is 6.18 Å². The molecule has 0 aliphatic carbocycles. The van der Waals surface area contributed by atoms with Crippen molar-refractivity contribution < 1.29 is 13.2 Å². The van der Waals surface area contributed by atoms with Crippen LogP contribution in [0.15, 0.2) is 53.0 Å². The maximum absolute atomic E-state index is 12.7. The SMILES string of the molecule is NNC(Cc1ccc(Br)cc1)c1cccc(C(F)(F)F)c1. The summed E-state index contributed by atoms with van der Waals surface area (Å²) in [5.41, 5.74) is 3.40. The van der Waals surface area contributed by atoms with Crippen LogP contribution in [0.25, 0.3) is 0 Å². The van der Waals surface area contributed by atoms with E-state index in [1.54, 1.807) is 6.07 Å². The molecule has 0 aliphatic rings. The zero-order valence-electron chi connectivity index (χ0n) is 11.0. The first-order chi connectivity index (χ1) is 9.90. The van der Waals surface area contributed by atoms with Crippen LogP contribution in [0.2, 0.25) is 0 Å². The van der Waals surface area contributed by atoms with Gasteiger partial charge in [0.15, 0.2) is 0 Å². The second-order valence-corrected chi connectivity index (χ2v) is 5.59. The molecule has 0 aromatic heterocycles. The fraction of sp³-hybridized carbons (Fsp3) is 0.200. The van der Waals surface area contributed by atoms with E-state index in [0.717, 1.165) is 22.2 Å². The number of benzene rings is 2. The summed E-state index contributed by atoms with van der Waals surface area (Å²) in [7, 11) is 0. The molecular formula is C15H14BrF3N2. The summed E-state index contributed by atoms with van der Waals surface area (Å²) < 4.78 is 39.2. The molecule has 0 aliphatic heterocycles. The fourth-order valence-electron chi connectivity index (χ4n) is 2.06. The Morgan fingerprint density at radius 1 is 1.10 bits per heavy atom. The maximum atomic E-state index is 12.7. The lowest BCUT2D eigenvalue weighted by Gasteiger charge is -2.18. The normalized spacial score (nSPS) is 13.2. The van der Waals surface area contributed by atoms with E-state index in [1.165, 1.54) is 6.07 Å². The van der Waals surface area contributed by atoms with Crippen LogP contribution in [-0.4, -0.2) is 0 Å². The van der Waals surface area contributed by atoms with Crippen LogP contribution in [-0.2, 0) is 12.6 Å². The molecule has 2 aromatic rings. The zero-order chi connectivity index (χ0) is 15.5. The third kappa shape index (κ3) is 4.30. The van der Waals surface area contributed by atoms with Crippen molar-refractivity contribution in [2.75, 3.05) is 0 Å². The third-order valence-electron chi connectivity index (χ3n) is 3.17. The van der Waals surface area contributed by atoms with E-state index in [0.29, 0.717) is 12.0 Å². The lowest BCUT2D eigenvalue weighted by Crippen LogP contribution is -2.29. The highest BCUT2D eigenvalue weighted by atomic mass is 79.9. The van der Waals surface area contributed by atoms with Gasteiger partial charge in [0, 0.05) is 10.5 Å². The zero-order valence-corrected chi connectivity index (χ0v) is 12.6. The van der Waals surface area contributed by atoms with E-state index in [2.05, 4.69) is 21.4 Å². The number of nitrogens with one attached hydrogen (secondary N) is 1. The van der Waals surface area contributed by atoms with Crippen LogP contribution in [0.5, 0.6) is 0 Å². The Kier molecular flexibility index (Phi) is 5.03. The second-order valence-electron chi connectivity index (χ2n) is 4.67. The second kappa shape index (κ2) is 6.60. The van der Waals surface area contributed by atoms with Gasteiger partial charge in [-0.1, -0.05) is 40.2 Å². The topological polar surface area (TPSA) is 38.0 Å². The van der Waals surface area contributed by atoms with Gasteiger partial charge in [-0.25, -0.2) is 0 Å². The van der Waals surface area contributed by atoms with Crippen molar-refractivity contribution in [1.82, 2.24) is 5.43 Å². The predicted octanol–water partition coefficient (Wildman–Crippen LogP) is 4.22. The molecule has 0 bridgehead atoms. The minimum Gasteiger partial charge on any atom is -0.271 e. The number of rotatable bonds is 4. The standard InChI is InChI=1S/C15H14BrF3N2/c16-13-6-4-10(5-7-13)8-14(21-20)11-2-1-3-12(9-11)15(17,18)19/h1-7,9,14,21H,8,20H2. The smallest absolute Gasteiger partial charge is 0.271 e. The Balaban J connectivity index is 2.23. The predicted molar refractivity (Wildman–Crippen MR) is 79.4 cm³/mol. The molecule has 6 heteroatoms. The molecule has 21 heavy (non-hydrogen) atoms. The van der Waals surface area contributed by atoms with Gasteiger partial charge in [-0.15, -0.1) is 0 Å². The summed E-state index contributed by atoms with van der Waals surface area (Å²) in [4.78, 5) is 0. The van der Waals surface area contributed by atoms with Gasteiger partial charge in [0.1, 0.15) is 0 Å². The number of hydrazine groups is 1. The van der Waals surface area contributed by atoms with Gasteiger partial charge < -0.3 is 0 Å². The van der Waals surface area contributed by atoms with Gasteiger partial charge in [-0.3, -0.25) is 11.3 Å². The Morgan fingerprint density at radius 2 is 1.76 bits per heavy atom. The monoisotopic (exact) mass is 358 g/mol. The highest BCUT2D eigenvalue weighted by molar-refractivity contribution is 9.10. The molecule has 1 unspecified atom stereocenters. The molecule has 0 amide bonds. The average Bonchev–Trinajstić information content (AvgIpc) is 2.46. The number of hydrogen-bond acceptors (Lipinski definition) is 2. The average molecular weight is 359 g/mol. The van der Waals surface area contributed by atoms with E-state index in [4.69, 9.17) is 5.84 Å². The Bertz CT molecular complexity index is 597. The fourth-order valence-corrected chi connectivity index (χ4v) is 2.33. The molecule has 2 nitrogen and oxygen atoms in total. The van der Waals surface area contributed by atoms with Crippen molar-refractivity contribution in [2.24, 2.45) is 5.84 Å². The summed E-state index contributed by atoms with van der Waals surface area (Å²) >= 11 is 3.34. The minimum atomic E-state index is -4.35. The van der Waals surface area contributed by atoms with Crippen molar-refractivity contribution in [1.29, 1.82) is 0 Å². The van der Waals surface area contributed by atoms with Crippen molar-refractivity contribution >= 4 is 15.9 Å². The van der Waals surface area contributed by atoms with E-state index >= 15 is 0 Å². The van der Waals surface area contributed by atoms with Gasteiger partial charge in [0.2, 0.25) is 0 Å². The molecule has 0 saturated heterocycles. The van der Waals surface area contributed by atoms with Crippen molar-refractivity contribution in [2.45, 2.75) is 18.6 Å². The van der Waals surface area contributed by atoms with E-state index < -0.39 is 11.7 Å². The summed E-state index contributed by atoms with van der Waals surface area (Å²) in [6.07, 6.45) is -3.85.